The zero-order chi connectivity index (χ0) is 34.3. The summed E-state index contributed by atoms with van der Waals surface area (Å²) < 4.78 is 6.88. The molecule has 50 heavy (non-hydrogen) atoms. The standard InChI is InChI=1S/C45H41B2NOS/c1-27(2)30-23-32(28(3)4)44(33(24-30)29(5)6)47-35-18-11-13-21-40(35)49-41-26-43-37(25-36(41)47)46-34-17-10-12-19-38(34)48(31-15-8-7-9-16-31)39-20-14-22-42(50-43)45(39)46/h7-29H,1-6H3. The maximum absolute atomic E-state index is 6.88. The van der Waals surface area contributed by atoms with Crippen molar-refractivity contribution in [2.75, 3.05) is 4.90 Å². The highest BCUT2D eigenvalue weighted by Gasteiger charge is 2.43. The van der Waals surface area contributed by atoms with Crippen LogP contribution in [0.3, 0.4) is 0 Å². The zero-order valence-electron chi connectivity index (χ0n) is 29.7. The van der Waals surface area contributed by atoms with Crippen LogP contribution in [-0.2, 0) is 0 Å². The summed E-state index contributed by atoms with van der Waals surface area (Å²) in [6.45, 7) is 14.3. The van der Waals surface area contributed by atoms with Crippen molar-refractivity contribution in [1.82, 2.24) is 0 Å². The van der Waals surface area contributed by atoms with Crippen molar-refractivity contribution in [3.8, 4) is 11.5 Å². The average Bonchev–Trinajstić information content (AvgIpc) is 3.12. The van der Waals surface area contributed by atoms with Crippen LogP contribution in [0.15, 0.2) is 131 Å². The second kappa shape index (κ2) is 12.0. The van der Waals surface area contributed by atoms with Crippen molar-refractivity contribution in [2.24, 2.45) is 0 Å². The van der Waals surface area contributed by atoms with Gasteiger partial charge in [0.2, 0.25) is 6.71 Å². The molecule has 244 valence electrons. The first-order chi connectivity index (χ1) is 24.3. The molecular weight excluding hydrogens is 624 g/mol. The van der Waals surface area contributed by atoms with Crippen LogP contribution in [0.2, 0.25) is 0 Å². The molecule has 0 aliphatic carbocycles. The van der Waals surface area contributed by atoms with E-state index in [0.717, 1.165) is 11.5 Å². The summed E-state index contributed by atoms with van der Waals surface area (Å²) in [7, 11) is 0. The number of ether oxygens (including phenoxy) is 1. The Balaban J connectivity index is 1.31. The molecule has 3 heterocycles. The van der Waals surface area contributed by atoms with E-state index in [2.05, 4.69) is 168 Å². The molecule has 9 rings (SSSR count). The van der Waals surface area contributed by atoms with Gasteiger partial charge in [-0.05, 0) is 98.8 Å². The lowest BCUT2D eigenvalue weighted by Gasteiger charge is -2.40. The largest absolute Gasteiger partial charge is 0.458 e. The Bertz CT molecular complexity index is 2270. The molecule has 0 amide bonds. The Kier molecular flexibility index (Phi) is 7.55. The van der Waals surface area contributed by atoms with Crippen molar-refractivity contribution in [1.29, 1.82) is 0 Å². The molecule has 0 atom stereocenters. The van der Waals surface area contributed by atoms with Gasteiger partial charge in [0.25, 0.3) is 6.71 Å². The van der Waals surface area contributed by atoms with Crippen LogP contribution in [-0.4, -0.2) is 13.4 Å². The van der Waals surface area contributed by atoms with Gasteiger partial charge in [-0.3, -0.25) is 0 Å². The van der Waals surface area contributed by atoms with E-state index in [1.165, 1.54) is 76.3 Å². The third-order valence-corrected chi connectivity index (χ3v) is 12.1. The highest BCUT2D eigenvalue weighted by molar-refractivity contribution is 8.00. The fourth-order valence-corrected chi connectivity index (χ4v) is 9.78. The Morgan fingerprint density at radius 1 is 0.500 bits per heavy atom. The van der Waals surface area contributed by atoms with Crippen molar-refractivity contribution >= 4 is 75.0 Å². The molecular formula is C45H41B2NOS. The van der Waals surface area contributed by atoms with E-state index in [1.54, 1.807) is 0 Å². The molecule has 0 radical (unpaired) electrons. The minimum absolute atomic E-state index is 0.0672. The maximum atomic E-state index is 6.88. The smallest absolute Gasteiger partial charge is 0.251 e. The Morgan fingerprint density at radius 2 is 1.14 bits per heavy atom. The van der Waals surface area contributed by atoms with Crippen molar-refractivity contribution < 1.29 is 4.74 Å². The van der Waals surface area contributed by atoms with Crippen LogP contribution in [0, 0.1) is 0 Å². The first kappa shape index (κ1) is 31.4. The van der Waals surface area contributed by atoms with Gasteiger partial charge in [-0.15, -0.1) is 0 Å². The van der Waals surface area contributed by atoms with Crippen LogP contribution in [0.1, 0.15) is 76.0 Å². The highest BCUT2D eigenvalue weighted by atomic mass is 32.2. The van der Waals surface area contributed by atoms with Gasteiger partial charge in [0, 0.05) is 26.9 Å². The predicted octanol–water partition coefficient (Wildman–Crippen LogP) is 8.44. The van der Waals surface area contributed by atoms with Gasteiger partial charge in [-0.25, -0.2) is 0 Å². The van der Waals surface area contributed by atoms with Gasteiger partial charge in [0.15, 0.2) is 0 Å². The quantitative estimate of drug-likeness (QED) is 0.171. The molecule has 0 spiro atoms. The third-order valence-electron chi connectivity index (χ3n) is 11.0. The zero-order valence-corrected chi connectivity index (χ0v) is 30.5. The van der Waals surface area contributed by atoms with Gasteiger partial charge in [-0.2, -0.15) is 0 Å². The normalized spacial score (nSPS) is 13.9. The van der Waals surface area contributed by atoms with Gasteiger partial charge < -0.3 is 9.64 Å². The van der Waals surface area contributed by atoms with Gasteiger partial charge in [0.1, 0.15) is 11.5 Å². The summed E-state index contributed by atoms with van der Waals surface area (Å²) in [5.41, 5.74) is 16.1. The van der Waals surface area contributed by atoms with E-state index in [-0.39, 0.29) is 13.4 Å². The van der Waals surface area contributed by atoms with E-state index >= 15 is 0 Å². The summed E-state index contributed by atoms with van der Waals surface area (Å²) in [5.74, 6) is 3.18. The molecule has 3 aliphatic heterocycles. The monoisotopic (exact) mass is 665 g/mol. The number of anilines is 3. The maximum Gasteiger partial charge on any atom is 0.251 e. The lowest BCUT2D eigenvalue weighted by molar-refractivity contribution is 0.486. The first-order valence-electron chi connectivity index (χ1n) is 18.2. The molecule has 2 nitrogen and oxygen atoms in total. The SMILES string of the molecule is CC(C)c1cc(C(C)C)c(B2c3ccccc3Oc3cc4c(cc32)B2c3ccccc3N(c3ccccc3)c3cccc(c32)S4)c(C(C)C)c1. The number of nitrogens with zero attached hydrogens (tertiary/aromatic N) is 1. The van der Waals surface area contributed by atoms with E-state index < -0.39 is 0 Å². The molecule has 0 N–H and O–H groups in total. The lowest BCUT2D eigenvalue weighted by atomic mass is 9.31. The third kappa shape index (κ3) is 4.81. The fraction of sp³-hybridized carbons (Fsp3) is 0.200. The van der Waals surface area contributed by atoms with E-state index in [0.29, 0.717) is 17.8 Å². The fourth-order valence-electron chi connectivity index (χ4n) is 8.60. The van der Waals surface area contributed by atoms with Gasteiger partial charge in [-0.1, -0.05) is 143 Å². The van der Waals surface area contributed by atoms with Crippen molar-refractivity contribution in [2.45, 2.75) is 69.1 Å². The number of hydrogen-bond acceptors (Lipinski definition) is 3. The molecule has 0 saturated carbocycles. The number of hydrogen-bond donors (Lipinski definition) is 0. The summed E-state index contributed by atoms with van der Waals surface area (Å²) in [5, 5.41) is 0. The topological polar surface area (TPSA) is 12.5 Å². The number of para-hydroxylation sites is 3. The summed E-state index contributed by atoms with van der Waals surface area (Å²) >= 11 is 1.89. The molecule has 0 bridgehead atoms. The Labute approximate surface area is 302 Å². The van der Waals surface area contributed by atoms with E-state index in [4.69, 9.17) is 4.74 Å². The van der Waals surface area contributed by atoms with Crippen LogP contribution in [0.5, 0.6) is 11.5 Å². The van der Waals surface area contributed by atoms with Gasteiger partial charge in [0.05, 0.1) is 0 Å². The molecule has 5 heteroatoms. The van der Waals surface area contributed by atoms with Crippen molar-refractivity contribution in [3.05, 3.63) is 138 Å². The molecule has 0 saturated heterocycles. The van der Waals surface area contributed by atoms with E-state index in [1.807, 2.05) is 11.8 Å². The molecule has 0 unspecified atom stereocenters. The van der Waals surface area contributed by atoms with Crippen molar-refractivity contribution in [3.63, 3.8) is 0 Å². The number of rotatable bonds is 5. The minimum atomic E-state index is 0.0672. The Hall–Kier alpha value is -4.60. The second-order valence-corrected chi connectivity index (χ2v) is 16.1. The summed E-state index contributed by atoms with van der Waals surface area (Å²) in [4.78, 5) is 5.05. The highest BCUT2D eigenvalue weighted by Crippen LogP contribution is 2.42. The molecule has 3 aliphatic rings. The lowest BCUT2D eigenvalue weighted by Crippen LogP contribution is -2.62. The number of benzene rings is 6. The van der Waals surface area contributed by atoms with Crippen LogP contribution in [0.4, 0.5) is 17.1 Å². The molecule has 0 fully saturated rings. The van der Waals surface area contributed by atoms with E-state index in [9.17, 15) is 0 Å². The second-order valence-electron chi connectivity index (χ2n) is 15.0. The van der Waals surface area contributed by atoms with Gasteiger partial charge >= 0.3 is 0 Å². The first-order valence-corrected chi connectivity index (χ1v) is 19.0. The minimum Gasteiger partial charge on any atom is -0.458 e. The Morgan fingerprint density at radius 3 is 1.86 bits per heavy atom. The molecule has 0 aromatic heterocycles. The van der Waals surface area contributed by atoms with Crippen LogP contribution in [0.25, 0.3) is 0 Å². The average molecular weight is 666 g/mol. The molecule has 6 aromatic carbocycles. The number of fused-ring (bicyclic) bond motifs is 6. The summed E-state index contributed by atoms with van der Waals surface area (Å²) in [6, 6.07) is 45.3. The predicted molar refractivity (Wildman–Crippen MR) is 216 cm³/mol. The van der Waals surface area contributed by atoms with Crippen LogP contribution < -0.4 is 42.4 Å². The molecule has 6 aromatic rings. The summed E-state index contributed by atoms with van der Waals surface area (Å²) in [6.07, 6.45) is 0. The van der Waals surface area contributed by atoms with Crippen LogP contribution >= 0.6 is 11.8 Å².